The van der Waals surface area contributed by atoms with Gasteiger partial charge >= 0.3 is 0 Å². The van der Waals surface area contributed by atoms with Crippen molar-refractivity contribution >= 4 is 13.9 Å². The van der Waals surface area contributed by atoms with Gasteiger partial charge in [-0.1, -0.05) is 39.0 Å². The molecular formula is C19H29NO2Si. The lowest BCUT2D eigenvalue weighted by Crippen LogP contribution is -2.48. The van der Waals surface area contributed by atoms with Crippen LogP contribution >= 0.6 is 0 Å². The highest BCUT2D eigenvalue weighted by molar-refractivity contribution is 6.74. The summed E-state index contributed by atoms with van der Waals surface area (Å²) in [7, 11) is -0.162. The van der Waals surface area contributed by atoms with Crippen LogP contribution in [0.2, 0.25) is 18.1 Å². The third-order valence-electron chi connectivity index (χ3n) is 4.90. The molecule has 4 heteroatoms. The van der Waals surface area contributed by atoms with Crippen molar-refractivity contribution in [1.29, 1.82) is 0 Å². The van der Waals surface area contributed by atoms with Crippen LogP contribution in [0.5, 0.6) is 5.75 Å². The van der Waals surface area contributed by atoms with Gasteiger partial charge in [0.2, 0.25) is 8.32 Å². The minimum Gasteiger partial charge on any atom is -0.497 e. The van der Waals surface area contributed by atoms with Gasteiger partial charge in [0.25, 0.3) is 0 Å². The summed E-state index contributed by atoms with van der Waals surface area (Å²) in [6.45, 7) is 13.5. The van der Waals surface area contributed by atoms with Gasteiger partial charge in [-0.15, -0.1) is 0 Å². The van der Waals surface area contributed by atoms with E-state index in [1.54, 1.807) is 7.11 Å². The van der Waals surface area contributed by atoms with Gasteiger partial charge in [0, 0.05) is 6.20 Å². The third kappa shape index (κ3) is 3.87. The molecule has 0 radical (unpaired) electrons. The first-order chi connectivity index (χ1) is 10.7. The number of nitrogens with zero attached hydrogens (tertiary/aromatic N) is 1. The molecule has 1 aliphatic heterocycles. The molecule has 0 aliphatic carbocycles. The van der Waals surface area contributed by atoms with Gasteiger partial charge in [0.1, 0.15) is 5.75 Å². The maximum atomic E-state index is 6.47. The molecule has 1 unspecified atom stereocenters. The van der Waals surface area contributed by atoms with E-state index in [0.717, 1.165) is 5.75 Å². The van der Waals surface area contributed by atoms with Crippen molar-refractivity contribution in [3.63, 3.8) is 0 Å². The zero-order valence-corrected chi connectivity index (χ0v) is 16.4. The lowest BCUT2D eigenvalue weighted by Gasteiger charge is -2.42. The lowest BCUT2D eigenvalue weighted by atomic mass is 9.97. The molecule has 3 nitrogen and oxygen atoms in total. The van der Waals surface area contributed by atoms with Gasteiger partial charge in [-0.05, 0) is 54.4 Å². The predicted octanol–water partition coefficient (Wildman–Crippen LogP) is 5.23. The molecule has 1 aromatic rings. The molecule has 1 aromatic carbocycles. The fraction of sp³-hybridized carbons (Fsp3) is 0.474. The SMILES string of the molecule is COc1ccc(C2=CC=CN(O[Si](C)(C)C(C)(C)C)C2C)cc1. The Morgan fingerprint density at radius 1 is 1.09 bits per heavy atom. The van der Waals surface area contributed by atoms with Crippen molar-refractivity contribution in [2.45, 2.75) is 51.9 Å². The zero-order valence-electron chi connectivity index (χ0n) is 15.4. The second-order valence-corrected chi connectivity index (χ2v) is 12.3. The number of ether oxygens (including phenoxy) is 1. The van der Waals surface area contributed by atoms with E-state index in [2.05, 4.69) is 65.1 Å². The Hall–Kier alpha value is -1.52. The van der Waals surface area contributed by atoms with Gasteiger partial charge in [0.05, 0.1) is 13.2 Å². The lowest BCUT2D eigenvalue weighted by molar-refractivity contribution is -0.0401. The molecule has 0 saturated heterocycles. The third-order valence-corrected chi connectivity index (χ3v) is 9.18. The second-order valence-electron chi connectivity index (χ2n) is 7.58. The summed E-state index contributed by atoms with van der Waals surface area (Å²) in [6.07, 6.45) is 6.27. The normalized spacial score (nSPS) is 18.8. The molecule has 0 saturated carbocycles. The molecule has 0 fully saturated rings. The second kappa shape index (κ2) is 6.54. The molecule has 0 aromatic heterocycles. The standard InChI is InChI=1S/C19H29NO2Si/c1-15-18(16-10-12-17(21-5)13-11-16)9-8-14-20(15)22-23(6,7)19(2,3)4/h8-15H,1-7H3. The van der Waals surface area contributed by atoms with E-state index in [9.17, 15) is 0 Å². The Morgan fingerprint density at radius 3 is 2.22 bits per heavy atom. The molecule has 1 atom stereocenters. The number of allylic oxidation sites excluding steroid dienone is 2. The first-order valence-corrected chi connectivity index (χ1v) is 11.1. The average molecular weight is 332 g/mol. The molecule has 126 valence electrons. The van der Waals surface area contributed by atoms with Gasteiger partial charge < -0.3 is 9.26 Å². The molecule has 2 rings (SSSR count). The Morgan fingerprint density at radius 2 is 1.70 bits per heavy atom. The minimum atomic E-state index is -1.85. The predicted molar refractivity (Wildman–Crippen MR) is 99.7 cm³/mol. The first kappa shape index (κ1) is 17.8. The Labute approximate surface area is 141 Å². The van der Waals surface area contributed by atoms with E-state index in [1.807, 2.05) is 23.4 Å². The highest BCUT2D eigenvalue weighted by atomic mass is 28.4. The van der Waals surface area contributed by atoms with Crippen LogP contribution in [0.25, 0.3) is 5.57 Å². The topological polar surface area (TPSA) is 21.7 Å². The van der Waals surface area contributed by atoms with Gasteiger partial charge in [-0.2, -0.15) is 0 Å². The van der Waals surface area contributed by atoms with Crippen molar-refractivity contribution in [2.24, 2.45) is 0 Å². The van der Waals surface area contributed by atoms with E-state index >= 15 is 0 Å². The number of hydrogen-bond donors (Lipinski definition) is 0. The number of methoxy groups -OCH3 is 1. The molecule has 0 bridgehead atoms. The molecule has 1 heterocycles. The largest absolute Gasteiger partial charge is 0.497 e. The van der Waals surface area contributed by atoms with Crippen LogP contribution in [0, 0.1) is 0 Å². The van der Waals surface area contributed by atoms with Crippen LogP contribution in [0.1, 0.15) is 33.3 Å². The van der Waals surface area contributed by atoms with Crippen molar-refractivity contribution in [1.82, 2.24) is 5.06 Å². The summed E-state index contributed by atoms with van der Waals surface area (Å²) in [5.41, 5.74) is 2.46. The summed E-state index contributed by atoms with van der Waals surface area (Å²) in [5.74, 6) is 0.878. The molecule has 0 spiro atoms. The number of benzene rings is 1. The van der Waals surface area contributed by atoms with Crippen LogP contribution in [-0.4, -0.2) is 26.5 Å². The summed E-state index contributed by atoms with van der Waals surface area (Å²) in [5, 5.41) is 2.21. The van der Waals surface area contributed by atoms with Crippen molar-refractivity contribution < 1.29 is 9.26 Å². The van der Waals surface area contributed by atoms with Crippen molar-refractivity contribution in [3.05, 3.63) is 48.2 Å². The zero-order chi connectivity index (χ0) is 17.3. The smallest absolute Gasteiger partial charge is 0.228 e. The van der Waals surface area contributed by atoms with Crippen LogP contribution < -0.4 is 4.74 Å². The van der Waals surface area contributed by atoms with Crippen LogP contribution in [0.15, 0.2) is 42.6 Å². The summed E-state index contributed by atoms with van der Waals surface area (Å²) >= 11 is 0. The number of rotatable bonds is 4. The molecular weight excluding hydrogens is 302 g/mol. The average Bonchev–Trinajstić information content (AvgIpc) is 2.48. The van der Waals surface area contributed by atoms with Gasteiger partial charge in [0.15, 0.2) is 0 Å². The Kier molecular flexibility index (Phi) is 5.06. The monoisotopic (exact) mass is 331 g/mol. The molecule has 1 aliphatic rings. The van der Waals surface area contributed by atoms with E-state index in [0.29, 0.717) is 0 Å². The van der Waals surface area contributed by atoms with Gasteiger partial charge in [-0.3, -0.25) is 5.06 Å². The molecule has 0 N–H and O–H groups in total. The quantitative estimate of drug-likeness (QED) is 0.705. The van der Waals surface area contributed by atoms with E-state index in [-0.39, 0.29) is 11.1 Å². The van der Waals surface area contributed by atoms with Crippen molar-refractivity contribution in [3.8, 4) is 5.75 Å². The Balaban J connectivity index is 2.19. The van der Waals surface area contributed by atoms with Crippen LogP contribution in [-0.2, 0) is 4.53 Å². The maximum absolute atomic E-state index is 6.47. The van der Waals surface area contributed by atoms with Crippen molar-refractivity contribution in [2.75, 3.05) is 7.11 Å². The minimum absolute atomic E-state index is 0.183. The van der Waals surface area contributed by atoms with E-state index < -0.39 is 8.32 Å². The van der Waals surface area contributed by atoms with E-state index in [4.69, 9.17) is 9.26 Å². The fourth-order valence-corrected chi connectivity index (χ4v) is 3.29. The highest BCUT2D eigenvalue weighted by Gasteiger charge is 2.40. The summed E-state index contributed by atoms with van der Waals surface area (Å²) in [6, 6.07) is 8.39. The van der Waals surface area contributed by atoms with E-state index in [1.165, 1.54) is 11.1 Å². The fourth-order valence-electron chi connectivity index (χ4n) is 2.27. The van der Waals surface area contributed by atoms with Crippen LogP contribution in [0.3, 0.4) is 0 Å². The Bertz CT molecular complexity index is 597. The molecule has 23 heavy (non-hydrogen) atoms. The van der Waals surface area contributed by atoms with Crippen LogP contribution in [0.4, 0.5) is 0 Å². The highest BCUT2D eigenvalue weighted by Crippen LogP contribution is 2.39. The summed E-state index contributed by atoms with van der Waals surface area (Å²) < 4.78 is 11.7. The number of hydrogen-bond acceptors (Lipinski definition) is 3. The maximum Gasteiger partial charge on any atom is 0.228 e. The number of hydroxylamine groups is 2. The summed E-state index contributed by atoms with van der Waals surface area (Å²) in [4.78, 5) is 0. The van der Waals surface area contributed by atoms with Gasteiger partial charge in [-0.25, -0.2) is 0 Å². The molecule has 0 amide bonds. The first-order valence-electron chi connectivity index (χ1n) is 8.16.